The van der Waals surface area contributed by atoms with Crippen LogP contribution in [-0.4, -0.2) is 37.2 Å². The molecule has 0 aromatic rings. The molecule has 0 saturated carbocycles. The van der Waals surface area contributed by atoms with Crippen LogP contribution in [0.2, 0.25) is 0 Å². The number of hydrogen-bond donors (Lipinski definition) is 0. The largest absolute Gasteiger partial charge is 0.462 e. The Labute approximate surface area is 412 Å². The zero-order chi connectivity index (χ0) is 48.2. The van der Waals surface area contributed by atoms with E-state index < -0.39 is 6.10 Å². The van der Waals surface area contributed by atoms with Gasteiger partial charge in [0.15, 0.2) is 6.10 Å². The van der Waals surface area contributed by atoms with Crippen LogP contribution in [-0.2, 0) is 28.6 Å². The minimum atomic E-state index is -0.762. The summed E-state index contributed by atoms with van der Waals surface area (Å²) in [6, 6.07) is 0. The van der Waals surface area contributed by atoms with Crippen LogP contribution in [0.5, 0.6) is 0 Å². The van der Waals surface area contributed by atoms with Gasteiger partial charge in [-0.2, -0.15) is 0 Å². The zero-order valence-electron chi connectivity index (χ0n) is 45.3. The fraction of sp³-hybridized carbons (Fsp3) is 0.950. The lowest BCUT2D eigenvalue weighted by Crippen LogP contribution is -2.30. The molecule has 392 valence electrons. The molecule has 66 heavy (non-hydrogen) atoms. The summed E-state index contributed by atoms with van der Waals surface area (Å²) >= 11 is 0. The minimum absolute atomic E-state index is 0.0627. The van der Waals surface area contributed by atoms with Crippen molar-refractivity contribution in [3.05, 3.63) is 0 Å². The van der Waals surface area contributed by atoms with Crippen molar-refractivity contribution in [1.82, 2.24) is 0 Å². The maximum absolute atomic E-state index is 12.8. The van der Waals surface area contributed by atoms with Crippen LogP contribution in [0.3, 0.4) is 0 Å². The van der Waals surface area contributed by atoms with E-state index in [-0.39, 0.29) is 31.1 Å². The monoisotopic (exact) mass is 933 g/mol. The smallest absolute Gasteiger partial charge is 0.306 e. The fourth-order valence-corrected chi connectivity index (χ4v) is 9.20. The number of carbonyl (C=O) groups excluding carboxylic acids is 3. The Kier molecular flexibility index (Phi) is 51.5. The first-order valence-electron chi connectivity index (χ1n) is 29.8. The molecule has 0 spiro atoms. The number of carbonyl (C=O) groups is 3. The molecule has 1 unspecified atom stereocenters. The predicted molar refractivity (Wildman–Crippen MR) is 284 cm³/mol. The molecule has 0 N–H and O–H groups in total. The Bertz CT molecular complexity index is 1010. The van der Waals surface area contributed by atoms with Gasteiger partial charge in [-0.1, -0.05) is 298 Å². The number of ether oxygens (including phenoxy) is 3. The molecule has 0 amide bonds. The van der Waals surface area contributed by atoms with Crippen LogP contribution in [0.25, 0.3) is 0 Å². The minimum Gasteiger partial charge on any atom is -0.462 e. The first-order chi connectivity index (χ1) is 32.3. The lowest BCUT2D eigenvalue weighted by molar-refractivity contribution is -0.167. The lowest BCUT2D eigenvalue weighted by Gasteiger charge is -2.18. The molecule has 0 aliphatic rings. The third kappa shape index (κ3) is 51.8. The molecule has 0 aliphatic carbocycles. The van der Waals surface area contributed by atoms with E-state index in [2.05, 4.69) is 34.6 Å². The van der Waals surface area contributed by atoms with Crippen LogP contribution in [0, 0.1) is 11.8 Å². The molecule has 2 atom stereocenters. The lowest BCUT2D eigenvalue weighted by atomic mass is 9.99. The van der Waals surface area contributed by atoms with E-state index in [1.54, 1.807) is 0 Å². The molecule has 0 aromatic heterocycles. The van der Waals surface area contributed by atoms with E-state index in [4.69, 9.17) is 14.2 Å². The molecule has 0 saturated heterocycles. The van der Waals surface area contributed by atoms with Gasteiger partial charge in [0.1, 0.15) is 13.2 Å². The Balaban J connectivity index is 4.15. The van der Waals surface area contributed by atoms with Gasteiger partial charge in [0.2, 0.25) is 0 Å². The Hall–Kier alpha value is -1.59. The Morgan fingerprint density at radius 3 is 0.864 bits per heavy atom. The molecule has 0 radical (unpaired) electrons. The number of esters is 3. The fourth-order valence-electron chi connectivity index (χ4n) is 9.20. The van der Waals surface area contributed by atoms with Crippen molar-refractivity contribution in [2.24, 2.45) is 11.8 Å². The van der Waals surface area contributed by atoms with Crippen molar-refractivity contribution in [3.8, 4) is 0 Å². The molecule has 0 heterocycles. The normalized spacial score (nSPS) is 12.5. The number of rotatable bonds is 54. The van der Waals surface area contributed by atoms with E-state index in [1.165, 1.54) is 225 Å². The topological polar surface area (TPSA) is 78.9 Å². The van der Waals surface area contributed by atoms with Crippen molar-refractivity contribution < 1.29 is 28.6 Å². The van der Waals surface area contributed by atoms with Gasteiger partial charge in [0, 0.05) is 19.3 Å². The standard InChI is InChI=1S/C60H116O6/c1-6-8-9-10-11-28-37-42-47-52-60(63)66-57(54-65-59(62)51-46-41-36-32-27-23-19-18-21-25-30-34-39-44-49-56(5)7-2)53-64-58(61)50-45-40-35-31-26-22-17-15-13-12-14-16-20-24-29-33-38-43-48-55(3)4/h55-57H,6-54H2,1-5H3/t56?,57-/m0/s1. The van der Waals surface area contributed by atoms with Crippen LogP contribution >= 0.6 is 0 Å². The second-order valence-electron chi connectivity index (χ2n) is 21.4. The van der Waals surface area contributed by atoms with E-state index in [0.29, 0.717) is 19.3 Å². The van der Waals surface area contributed by atoms with E-state index in [9.17, 15) is 14.4 Å². The summed E-state index contributed by atoms with van der Waals surface area (Å²) in [6.07, 6.45) is 56.7. The maximum atomic E-state index is 12.8. The predicted octanol–water partition coefficient (Wildman–Crippen LogP) is 19.7. The SMILES string of the molecule is CCCCCCCCCCCC(=O)O[C@@H](COC(=O)CCCCCCCCCCCCCCCCCCCCC(C)C)COC(=O)CCCCCCCCCCCCCCCCC(C)CC. The van der Waals surface area contributed by atoms with Gasteiger partial charge in [-0.25, -0.2) is 0 Å². The summed E-state index contributed by atoms with van der Waals surface area (Å²) in [5.41, 5.74) is 0. The Morgan fingerprint density at radius 1 is 0.318 bits per heavy atom. The molecule has 0 aliphatic heterocycles. The first-order valence-corrected chi connectivity index (χ1v) is 29.8. The van der Waals surface area contributed by atoms with Crippen LogP contribution in [0.1, 0.15) is 336 Å². The summed E-state index contributed by atoms with van der Waals surface area (Å²) < 4.78 is 16.9. The van der Waals surface area contributed by atoms with Crippen molar-refractivity contribution >= 4 is 17.9 Å². The third-order valence-electron chi connectivity index (χ3n) is 14.1. The molecule has 0 fully saturated rings. The van der Waals surface area contributed by atoms with Crippen LogP contribution in [0.15, 0.2) is 0 Å². The van der Waals surface area contributed by atoms with Crippen molar-refractivity contribution in [2.75, 3.05) is 13.2 Å². The summed E-state index contributed by atoms with van der Waals surface area (Å²) in [5, 5.41) is 0. The number of unbranched alkanes of at least 4 members (excludes halogenated alkanes) is 38. The second-order valence-corrected chi connectivity index (χ2v) is 21.4. The maximum Gasteiger partial charge on any atom is 0.306 e. The second kappa shape index (κ2) is 52.8. The zero-order valence-corrected chi connectivity index (χ0v) is 45.3. The highest BCUT2D eigenvalue weighted by Crippen LogP contribution is 2.19. The van der Waals surface area contributed by atoms with Crippen LogP contribution < -0.4 is 0 Å². The highest BCUT2D eigenvalue weighted by molar-refractivity contribution is 5.71. The van der Waals surface area contributed by atoms with Crippen molar-refractivity contribution in [1.29, 1.82) is 0 Å². The molecule has 0 bridgehead atoms. The van der Waals surface area contributed by atoms with Gasteiger partial charge in [0.05, 0.1) is 0 Å². The molecule has 6 heteroatoms. The highest BCUT2D eigenvalue weighted by atomic mass is 16.6. The summed E-state index contributed by atoms with van der Waals surface area (Å²) in [6.45, 7) is 11.5. The van der Waals surface area contributed by atoms with Gasteiger partial charge in [-0.05, 0) is 31.1 Å². The van der Waals surface area contributed by atoms with Gasteiger partial charge in [-0.3, -0.25) is 14.4 Å². The molecular weight excluding hydrogens is 817 g/mol. The molecular formula is C60H116O6. The van der Waals surface area contributed by atoms with Gasteiger partial charge in [0.25, 0.3) is 0 Å². The van der Waals surface area contributed by atoms with E-state index in [0.717, 1.165) is 69.6 Å². The summed E-state index contributed by atoms with van der Waals surface area (Å²) in [7, 11) is 0. The third-order valence-corrected chi connectivity index (χ3v) is 14.1. The van der Waals surface area contributed by atoms with Gasteiger partial charge >= 0.3 is 17.9 Å². The van der Waals surface area contributed by atoms with Crippen molar-refractivity contribution in [3.63, 3.8) is 0 Å². The molecule has 0 aromatic carbocycles. The molecule has 6 nitrogen and oxygen atoms in total. The van der Waals surface area contributed by atoms with E-state index in [1.807, 2.05) is 0 Å². The first kappa shape index (κ1) is 64.4. The van der Waals surface area contributed by atoms with Gasteiger partial charge < -0.3 is 14.2 Å². The average molecular weight is 934 g/mol. The quantitative estimate of drug-likeness (QED) is 0.0343. The number of hydrogen-bond acceptors (Lipinski definition) is 6. The highest BCUT2D eigenvalue weighted by Gasteiger charge is 2.19. The van der Waals surface area contributed by atoms with Crippen molar-refractivity contribution in [2.45, 2.75) is 343 Å². The van der Waals surface area contributed by atoms with E-state index >= 15 is 0 Å². The summed E-state index contributed by atoms with van der Waals surface area (Å²) in [4.78, 5) is 38.1. The van der Waals surface area contributed by atoms with Gasteiger partial charge in [-0.15, -0.1) is 0 Å². The average Bonchev–Trinajstić information content (AvgIpc) is 3.30. The summed E-state index contributed by atoms with van der Waals surface area (Å²) in [5.74, 6) is 0.914. The Morgan fingerprint density at radius 2 is 0.576 bits per heavy atom. The molecule has 0 rings (SSSR count). The van der Waals surface area contributed by atoms with Crippen LogP contribution in [0.4, 0.5) is 0 Å².